The van der Waals surface area contributed by atoms with Crippen LogP contribution in [0, 0.1) is 5.41 Å². The Bertz CT molecular complexity index is 360. The summed E-state index contributed by atoms with van der Waals surface area (Å²) in [7, 11) is 0. The van der Waals surface area contributed by atoms with E-state index in [4.69, 9.17) is 10.9 Å². The molecule has 4 N–H and O–H groups in total. The predicted octanol–water partition coefficient (Wildman–Crippen LogP) is 1.30. The first-order valence-corrected chi connectivity index (χ1v) is 7.62. The van der Waals surface area contributed by atoms with Crippen LogP contribution < -0.4 is 11.1 Å². The van der Waals surface area contributed by atoms with Crippen molar-refractivity contribution in [3.8, 4) is 0 Å². The molecule has 0 atom stereocenters. The summed E-state index contributed by atoms with van der Waals surface area (Å²) >= 11 is 1.84. The third kappa shape index (κ3) is 2.30. The third-order valence-electron chi connectivity index (χ3n) is 4.30. The zero-order valence-corrected chi connectivity index (χ0v) is 11.6. The fourth-order valence-electron chi connectivity index (χ4n) is 2.70. The van der Waals surface area contributed by atoms with Gasteiger partial charge in [-0.3, -0.25) is 4.79 Å². The van der Waals surface area contributed by atoms with E-state index in [2.05, 4.69) is 16.7 Å². The minimum absolute atomic E-state index is 0.0459. The van der Waals surface area contributed by atoms with Crippen LogP contribution >= 0.6 is 11.8 Å². The number of hydrogen-bond acceptors (Lipinski definition) is 4. The van der Waals surface area contributed by atoms with Gasteiger partial charge < -0.3 is 16.3 Å². The Balaban J connectivity index is 1.93. The molecule has 0 bridgehead atoms. The highest BCUT2D eigenvalue weighted by atomic mass is 32.2. The van der Waals surface area contributed by atoms with Gasteiger partial charge in [-0.25, -0.2) is 0 Å². The highest BCUT2D eigenvalue weighted by Gasteiger charge is 2.54. The van der Waals surface area contributed by atoms with Crippen LogP contribution in [-0.4, -0.2) is 34.5 Å². The summed E-state index contributed by atoms with van der Waals surface area (Å²) in [5.41, 5.74) is 4.87. The van der Waals surface area contributed by atoms with Crippen LogP contribution in [0.5, 0.6) is 0 Å². The van der Waals surface area contributed by atoms with Gasteiger partial charge in [0.25, 0.3) is 0 Å². The molecule has 5 nitrogen and oxygen atoms in total. The number of hydrogen-bond donors (Lipinski definition) is 3. The van der Waals surface area contributed by atoms with Crippen LogP contribution in [0.25, 0.3) is 0 Å². The van der Waals surface area contributed by atoms with Gasteiger partial charge in [0.15, 0.2) is 5.84 Å². The summed E-state index contributed by atoms with van der Waals surface area (Å²) in [4.78, 5) is 12.2. The van der Waals surface area contributed by atoms with E-state index in [1.54, 1.807) is 0 Å². The normalized spacial score (nSPS) is 24.8. The second-order valence-electron chi connectivity index (χ2n) is 5.34. The number of carbonyl (C=O) groups excluding carboxylic acids is 1. The van der Waals surface area contributed by atoms with E-state index in [0.29, 0.717) is 19.4 Å². The summed E-state index contributed by atoms with van der Waals surface area (Å²) in [6.07, 6.45) is 8.26. The van der Waals surface area contributed by atoms with Crippen molar-refractivity contribution in [2.75, 3.05) is 12.8 Å². The van der Waals surface area contributed by atoms with Gasteiger partial charge in [0.2, 0.25) is 5.91 Å². The fraction of sp³-hybridized carbons (Fsp3) is 0.833. The molecule has 0 heterocycles. The van der Waals surface area contributed by atoms with Crippen molar-refractivity contribution in [2.45, 2.75) is 43.3 Å². The SMILES string of the molecule is CSC1(CNC(=O)C2(C(N)=NO)CC2)CCCC1. The smallest absolute Gasteiger partial charge is 0.234 e. The Hall–Kier alpha value is -0.910. The summed E-state index contributed by atoms with van der Waals surface area (Å²) in [6.45, 7) is 0.688. The van der Waals surface area contributed by atoms with E-state index in [1.165, 1.54) is 12.8 Å². The first kappa shape index (κ1) is 13.5. The number of carbonyl (C=O) groups is 1. The Labute approximate surface area is 112 Å². The summed E-state index contributed by atoms with van der Waals surface area (Å²) < 4.78 is 0.191. The fourth-order valence-corrected chi connectivity index (χ4v) is 3.62. The molecule has 6 heteroatoms. The minimum atomic E-state index is -0.729. The van der Waals surface area contributed by atoms with Crippen LogP contribution in [0.2, 0.25) is 0 Å². The average Bonchev–Trinajstić information content (AvgIpc) is 3.08. The van der Waals surface area contributed by atoms with Crippen molar-refractivity contribution in [3.63, 3.8) is 0 Å². The lowest BCUT2D eigenvalue weighted by molar-refractivity contribution is -0.124. The molecule has 2 aliphatic carbocycles. The summed E-state index contributed by atoms with van der Waals surface area (Å²) in [5.74, 6) is -0.0391. The van der Waals surface area contributed by atoms with Crippen LogP contribution in [0.3, 0.4) is 0 Å². The standard InChI is InChI=1S/C12H21N3O2S/c1-18-11(4-2-3-5-11)8-14-10(16)12(6-7-12)9(13)15-17/h17H,2-8H2,1H3,(H2,13,15)(H,14,16). The maximum atomic E-state index is 12.2. The van der Waals surface area contributed by atoms with E-state index >= 15 is 0 Å². The second-order valence-corrected chi connectivity index (χ2v) is 6.62. The molecule has 2 rings (SSSR count). The minimum Gasteiger partial charge on any atom is -0.409 e. The molecule has 2 aliphatic rings. The molecule has 0 aliphatic heterocycles. The lowest BCUT2D eigenvalue weighted by Crippen LogP contribution is -2.45. The highest BCUT2D eigenvalue weighted by molar-refractivity contribution is 8.00. The Morgan fingerprint density at radius 3 is 2.44 bits per heavy atom. The number of oxime groups is 1. The van der Waals surface area contributed by atoms with Gasteiger partial charge >= 0.3 is 0 Å². The third-order valence-corrected chi connectivity index (χ3v) is 5.72. The number of nitrogens with two attached hydrogens (primary N) is 1. The van der Waals surface area contributed by atoms with Gasteiger partial charge in [-0.1, -0.05) is 18.0 Å². The molecule has 18 heavy (non-hydrogen) atoms. The Morgan fingerprint density at radius 1 is 1.39 bits per heavy atom. The maximum Gasteiger partial charge on any atom is 0.234 e. The van der Waals surface area contributed by atoms with E-state index in [-0.39, 0.29) is 16.5 Å². The van der Waals surface area contributed by atoms with E-state index < -0.39 is 5.41 Å². The van der Waals surface area contributed by atoms with Crippen molar-refractivity contribution >= 4 is 23.5 Å². The van der Waals surface area contributed by atoms with Crippen molar-refractivity contribution in [3.05, 3.63) is 0 Å². The molecule has 0 aromatic carbocycles. The molecule has 0 aromatic rings. The van der Waals surface area contributed by atoms with Crippen LogP contribution in [0.4, 0.5) is 0 Å². The van der Waals surface area contributed by atoms with Gasteiger partial charge in [-0.05, 0) is 31.9 Å². The lowest BCUT2D eigenvalue weighted by Gasteiger charge is -2.28. The molecule has 0 radical (unpaired) electrons. The van der Waals surface area contributed by atoms with Crippen molar-refractivity contribution in [1.29, 1.82) is 0 Å². The number of nitrogens with one attached hydrogen (secondary N) is 1. The summed E-state index contributed by atoms with van der Waals surface area (Å²) in [6, 6.07) is 0. The molecular weight excluding hydrogens is 250 g/mol. The Morgan fingerprint density at radius 2 is 2.00 bits per heavy atom. The molecule has 2 saturated carbocycles. The summed E-state index contributed by atoms with van der Waals surface area (Å²) in [5, 5.41) is 14.7. The molecule has 0 unspecified atom stereocenters. The Kier molecular flexibility index (Phi) is 3.75. The van der Waals surface area contributed by atoms with Gasteiger partial charge in [-0.2, -0.15) is 11.8 Å². The largest absolute Gasteiger partial charge is 0.409 e. The van der Waals surface area contributed by atoms with E-state index in [1.807, 2.05) is 11.8 Å². The molecule has 102 valence electrons. The molecule has 0 spiro atoms. The maximum absolute atomic E-state index is 12.2. The number of nitrogens with zero attached hydrogens (tertiary/aromatic N) is 1. The van der Waals surface area contributed by atoms with Crippen molar-refractivity contribution in [1.82, 2.24) is 5.32 Å². The zero-order chi connectivity index (χ0) is 13.2. The van der Waals surface area contributed by atoms with Gasteiger partial charge in [0, 0.05) is 11.3 Å². The first-order valence-electron chi connectivity index (χ1n) is 6.40. The average molecular weight is 271 g/mol. The van der Waals surface area contributed by atoms with Crippen LogP contribution in [-0.2, 0) is 4.79 Å². The van der Waals surface area contributed by atoms with Crippen LogP contribution in [0.1, 0.15) is 38.5 Å². The molecule has 0 aromatic heterocycles. The molecular formula is C12H21N3O2S. The number of thioether (sulfide) groups is 1. The quantitative estimate of drug-likeness (QED) is 0.304. The molecule has 0 saturated heterocycles. The topological polar surface area (TPSA) is 87.7 Å². The van der Waals surface area contributed by atoms with Crippen molar-refractivity contribution in [2.24, 2.45) is 16.3 Å². The van der Waals surface area contributed by atoms with Crippen LogP contribution in [0.15, 0.2) is 5.16 Å². The number of rotatable bonds is 5. The first-order chi connectivity index (χ1) is 8.58. The predicted molar refractivity (Wildman–Crippen MR) is 72.8 cm³/mol. The molecule has 2 fully saturated rings. The van der Waals surface area contributed by atoms with Gasteiger partial charge in [0.1, 0.15) is 5.41 Å². The van der Waals surface area contributed by atoms with Crippen molar-refractivity contribution < 1.29 is 10.0 Å². The van der Waals surface area contributed by atoms with E-state index in [0.717, 1.165) is 12.8 Å². The van der Waals surface area contributed by atoms with Gasteiger partial charge in [-0.15, -0.1) is 0 Å². The van der Waals surface area contributed by atoms with Gasteiger partial charge in [0.05, 0.1) is 0 Å². The van der Waals surface area contributed by atoms with E-state index in [9.17, 15) is 4.79 Å². The second kappa shape index (κ2) is 4.99. The lowest BCUT2D eigenvalue weighted by atomic mass is 10.0. The number of amides is 1. The zero-order valence-electron chi connectivity index (χ0n) is 10.7. The highest BCUT2D eigenvalue weighted by Crippen LogP contribution is 2.46. The number of amidine groups is 1. The monoisotopic (exact) mass is 271 g/mol. The molecule has 1 amide bonds.